The van der Waals surface area contributed by atoms with Crippen LogP contribution in [0.4, 0.5) is 0 Å². The van der Waals surface area contributed by atoms with Crippen molar-refractivity contribution >= 4 is 11.9 Å². The Morgan fingerprint density at radius 2 is 2.24 bits per heavy atom. The molecule has 1 amide bonds. The average Bonchev–Trinajstić information content (AvgIpc) is 2.88. The maximum atomic E-state index is 11.6. The molecule has 2 aliphatic rings. The van der Waals surface area contributed by atoms with Gasteiger partial charge in [0.25, 0.3) is 0 Å². The van der Waals surface area contributed by atoms with Crippen LogP contribution in [0, 0.1) is 5.92 Å². The van der Waals surface area contributed by atoms with Crippen molar-refractivity contribution < 1.29 is 4.79 Å². The van der Waals surface area contributed by atoms with Crippen molar-refractivity contribution in [3.63, 3.8) is 0 Å². The number of nitrogens with zero attached hydrogens (tertiary/aromatic N) is 3. The van der Waals surface area contributed by atoms with E-state index in [1.54, 1.807) is 0 Å². The van der Waals surface area contributed by atoms with Crippen LogP contribution < -0.4 is 5.32 Å². The molecule has 0 radical (unpaired) electrons. The number of carbonyl (C=O) groups excluding carboxylic acids is 1. The first kappa shape index (κ1) is 16.1. The lowest BCUT2D eigenvalue weighted by Gasteiger charge is -2.33. The molecule has 2 aliphatic heterocycles. The van der Waals surface area contributed by atoms with E-state index in [9.17, 15) is 4.79 Å². The Labute approximate surface area is 128 Å². The fourth-order valence-electron chi connectivity index (χ4n) is 3.19. The predicted octanol–water partition coefficient (Wildman–Crippen LogP) is 1.70. The van der Waals surface area contributed by atoms with Gasteiger partial charge in [0.05, 0.1) is 0 Å². The number of piperidine rings is 1. The number of amides is 1. The number of hydrogen-bond acceptors (Lipinski definition) is 2. The van der Waals surface area contributed by atoms with Gasteiger partial charge in [-0.15, -0.1) is 0 Å². The molecule has 2 heterocycles. The van der Waals surface area contributed by atoms with Gasteiger partial charge >= 0.3 is 0 Å². The van der Waals surface area contributed by atoms with Crippen LogP contribution in [0.1, 0.15) is 46.0 Å². The Morgan fingerprint density at radius 3 is 2.90 bits per heavy atom. The molecule has 0 aromatic heterocycles. The second-order valence-corrected chi connectivity index (χ2v) is 6.27. The summed E-state index contributed by atoms with van der Waals surface area (Å²) in [6.07, 6.45) is 5.30. The molecule has 1 unspecified atom stereocenters. The first-order valence-electron chi connectivity index (χ1n) is 8.51. The van der Waals surface area contributed by atoms with Crippen LogP contribution in [0.3, 0.4) is 0 Å². The zero-order valence-electron chi connectivity index (χ0n) is 13.6. The summed E-state index contributed by atoms with van der Waals surface area (Å²) in [5.74, 6) is 2.12. The van der Waals surface area contributed by atoms with E-state index in [4.69, 9.17) is 4.99 Å². The standard InChI is InChI=1S/C16H30N4O/c1-3-17-16(20-11-4-7-14(2)13-20)18-9-6-12-19-10-5-8-15(19)21/h14H,3-13H2,1-2H3,(H,17,18). The van der Waals surface area contributed by atoms with Crippen LogP contribution in [0.5, 0.6) is 0 Å². The molecule has 2 saturated heterocycles. The largest absolute Gasteiger partial charge is 0.357 e. The van der Waals surface area contributed by atoms with E-state index >= 15 is 0 Å². The molecule has 120 valence electrons. The lowest BCUT2D eigenvalue weighted by molar-refractivity contribution is -0.127. The zero-order valence-corrected chi connectivity index (χ0v) is 13.6. The monoisotopic (exact) mass is 294 g/mol. The number of guanidine groups is 1. The normalized spacial score (nSPS) is 23.8. The maximum absolute atomic E-state index is 11.6. The van der Waals surface area contributed by atoms with Crippen molar-refractivity contribution in [1.82, 2.24) is 15.1 Å². The van der Waals surface area contributed by atoms with Gasteiger partial charge in [-0.1, -0.05) is 6.92 Å². The van der Waals surface area contributed by atoms with Crippen LogP contribution in [0.25, 0.3) is 0 Å². The van der Waals surface area contributed by atoms with Crippen molar-refractivity contribution in [2.24, 2.45) is 10.9 Å². The van der Waals surface area contributed by atoms with E-state index in [2.05, 4.69) is 24.1 Å². The van der Waals surface area contributed by atoms with Crippen molar-refractivity contribution in [2.45, 2.75) is 46.0 Å². The van der Waals surface area contributed by atoms with Gasteiger partial charge in [-0.05, 0) is 38.5 Å². The number of aliphatic imine (C=N–C) groups is 1. The van der Waals surface area contributed by atoms with Gasteiger partial charge in [0.2, 0.25) is 5.91 Å². The third kappa shape index (κ3) is 4.90. The lowest BCUT2D eigenvalue weighted by Crippen LogP contribution is -2.46. The molecule has 1 atom stereocenters. The highest BCUT2D eigenvalue weighted by atomic mass is 16.2. The number of rotatable bonds is 5. The topological polar surface area (TPSA) is 47.9 Å². The van der Waals surface area contributed by atoms with Crippen molar-refractivity contribution in [3.05, 3.63) is 0 Å². The molecule has 0 aliphatic carbocycles. The summed E-state index contributed by atoms with van der Waals surface area (Å²) in [6.45, 7) is 10.2. The molecule has 5 nitrogen and oxygen atoms in total. The minimum Gasteiger partial charge on any atom is -0.357 e. The Morgan fingerprint density at radius 1 is 1.38 bits per heavy atom. The number of hydrogen-bond donors (Lipinski definition) is 1. The highest BCUT2D eigenvalue weighted by Crippen LogP contribution is 2.15. The molecule has 0 spiro atoms. The van der Waals surface area contributed by atoms with Crippen LogP contribution >= 0.6 is 0 Å². The molecule has 0 bridgehead atoms. The number of nitrogens with one attached hydrogen (secondary N) is 1. The molecule has 0 saturated carbocycles. The summed E-state index contributed by atoms with van der Waals surface area (Å²) < 4.78 is 0. The highest BCUT2D eigenvalue weighted by Gasteiger charge is 2.20. The zero-order chi connectivity index (χ0) is 15.1. The van der Waals surface area contributed by atoms with Gasteiger partial charge < -0.3 is 15.1 Å². The van der Waals surface area contributed by atoms with Gasteiger partial charge in [0.1, 0.15) is 0 Å². The Bertz CT molecular complexity index is 369. The third-order valence-electron chi connectivity index (χ3n) is 4.31. The molecule has 2 fully saturated rings. The van der Waals surface area contributed by atoms with Crippen LogP contribution in [0.2, 0.25) is 0 Å². The van der Waals surface area contributed by atoms with E-state index in [-0.39, 0.29) is 0 Å². The summed E-state index contributed by atoms with van der Waals surface area (Å²) in [5.41, 5.74) is 0. The van der Waals surface area contributed by atoms with Gasteiger partial charge in [0, 0.05) is 45.7 Å². The van der Waals surface area contributed by atoms with Crippen LogP contribution in [-0.4, -0.2) is 60.9 Å². The Balaban J connectivity index is 1.78. The Kier molecular flexibility index (Phi) is 6.33. The molecule has 0 aromatic carbocycles. The fourth-order valence-corrected chi connectivity index (χ4v) is 3.19. The molecular formula is C16H30N4O. The third-order valence-corrected chi connectivity index (χ3v) is 4.31. The van der Waals surface area contributed by atoms with Crippen molar-refractivity contribution in [2.75, 3.05) is 39.3 Å². The summed E-state index contributed by atoms with van der Waals surface area (Å²) in [7, 11) is 0. The van der Waals surface area contributed by atoms with E-state index in [1.165, 1.54) is 12.8 Å². The quantitative estimate of drug-likeness (QED) is 0.477. The Hall–Kier alpha value is -1.26. The molecule has 0 aromatic rings. The molecular weight excluding hydrogens is 264 g/mol. The number of likely N-dealkylation sites (tertiary alicyclic amines) is 2. The van der Waals surface area contributed by atoms with Gasteiger partial charge in [0.15, 0.2) is 5.96 Å². The van der Waals surface area contributed by atoms with Crippen LogP contribution in [0.15, 0.2) is 4.99 Å². The lowest BCUT2D eigenvalue weighted by atomic mass is 10.0. The smallest absolute Gasteiger partial charge is 0.222 e. The summed E-state index contributed by atoms with van der Waals surface area (Å²) in [5, 5.41) is 3.41. The van der Waals surface area contributed by atoms with E-state index in [1.807, 2.05) is 4.90 Å². The minimum absolute atomic E-state index is 0.316. The van der Waals surface area contributed by atoms with Gasteiger partial charge in [-0.3, -0.25) is 9.79 Å². The molecule has 5 heteroatoms. The minimum atomic E-state index is 0.316. The molecule has 21 heavy (non-hydrogen) atoms. The average molecular weight is 294 g/mol. The highest BCUT2D eigenvalue weighted by molar-refractivity contribution is 5.80. The second kappa shape index (κ2) is 8.25. The number of carbonyl (C=O) groups is 1. The second-order valence-electron chi connectivity index (χ2n) is 6.27. The fraction of sp³-hybridized carbons (Fsp3) is 0.875. The van der Waals surface area contributed by atoms with Gasteiger partial charge in [-0.25, -0.2) is 0 Å². The first-order valence-corrected chi connectivity index (χ1v) is 8.51. The first-order chi connectivity index (χ1) is 10.2. The molecule has 2 rings (SSSR count). The van der Waals surface area contributed by atoms with Crippen LogP contribution in [-0.2, 0) is 4.79 Å². The van der Waals surface area contributed by atoms with Gasteiger partial charge in [-0.2, -0.15) is 0 Å². The van der Waals surface area contributed by atoms with E-state index < -0.39 is 0 Å². The summed E-state index contributed by atoms with van der Waals surface area (Å²) in [4.78, 5) is 20.7. The summed E-state index contributed by atoms with van der Waals surface area (Å²) in [6, 6.07) is 0. The molecule has 1 N–H and O–H groups in total. The van der Waals surface area contributed by atoms with E-state index in [0.717, 1.165) is 70.4 Å². The summed E-state index contributed by atoms with van der Waals surface area (Å²) >= 11 is 0. The van der Waals surface area contributed by atoms with Crippen molar-refractivity contribution in [1.29, 1.82) is 0 Å². The predicted molar refractivity (Wildman–Crippen MR) is 86.4 cm³/mol. The van der Waals surface area contributed by atoms with E-state index in [0.29, 0.717) is 5.91 Å². The SMILES string of the molecule is CCNC(=NCCCN1CCCC1=O)N1CCCC(C)C1. The van der Waals surface area contributed by atoms with Crippen molar-refractivity contribution in [3.8, 4) is 0 Å². The maximum Gasteiger partial charge on any atom is 0.222 e.